The predicted octanol–water partition coefficient (Wildman–Crippen LogP) is 2.54. The van der Waals surface area contributed by atoms with Gasteiger partial charge < -0.3 is 19.4 Å². The van der Waals surface area contributed by atoms with Gasteiger partial charge in [0, 0.05) is 39.2 Å². The highest BCUT2D eigenvalue weighted by molar-refractivity contribution is 5.33. The number of anilines is 1. The molecular weight excluding hydrogens is 254 g/mol. The summed E-state index contributed by atoms with van der Waals surface area (Å²) in [6, 6.07) is 8.01. The fourth-order valence-electron chi connectivity index (χ4n) is 2.00. The molecule has 5 nitrogen and oxygen atoms in total. The number of nitrogens with one attached hydrogen (secondary N) is 1. The highest BCUT2D eigenvalue weighted by atomic mass is 16.5. The topological polar surface area (TPSA) is 48.3 Å². The molecule has 0 amide bonds. The summed E-state index contributed by atoms with van der Waals surface area (Å²) in [5, 5.41) is 3.34. The van der Waals surface area contributed by atoms with Gasteiger partial charge in [0.15, 0.2) is 0 Å². The first-order valence-electron chi connectivity index (χ1n) is 6.70. The fourth-order valence-corrected chi connectivity index (χ4v) is 2.00. The van der Waals surface area contributed by atoms with E-state index in [0.29, 0.717) is 0 Å². The molecule has 5 heteroatoms. The van der Waals surface area contributed by atoms with Gasteiger partial charge in [-0.15, -0.1) is 0 Å². The highest BCUT2D eigenvalue weighted by Gasteiger charge is 2.02. The molecule has 0 aliphatic carbocycles. The lowest BCUT2D eigenvalue weighted by Gasteiger charge is -2.10. The fraction of sp³-hybridized carbons (Fsp3) is 0.400. The second-order valence-corrected chi connectivity index (χ2v) is 4.50. The summed E-state index contributed by atoms with van der Waals surface area (Å²) in [4.78, 5) is 4.33. The maximum absolute atomic E-state index is 5.22. The first kappa shape index (κ1) is 14.4. The smallest absolute Gasteiger partial charge is 0.203 e. The van der Waals surface area contributed by atoms with E-state index in [2.05, 4.69) is 20.9 Å². The van der Waals surface area contributed by atoms with E-state index in [9.17, 15) is 0 Å². The quantitative estimate of drug-likeness (QED) is 0.752. The Balaban J connectivity index is 1.91. The van der Waals surface area contributed by atoms with Crippen molar-refractivity contribution >= 4 is 5.95 Å². The van der Waals surface area contributed by atoms with Gasteiger partial charge in [-0.1, -0.05) is 12.1 Å². The summed E-state index contributed by atoms with van der Waals surface area (Å²) in [6.45, 7) is 2.38. The van der Waals surface area contributed by atoms with Crippen LogP contribution in [0.25, 0.3) is 0 Å². The van der Waals surface area contributed by atoms with Gasteiger partial charge in [-0.05, 0) is 24.1 Å². The van der Waals surface area contributed by atoms with Crippen LogP contribution in [0.15, 0.2) is 36.7 Å². The molecule has 0 atom stereocenters. The first-order chi connectivity index (χ1) is 9.83. The lowest BCUT2D eigenvalue weighted by Crippen LogP contribution is -2.08. The Labute approximate surface area is 119 Å². The van der Waals surface area contributed by atoms with Crippen molar-refractivity contribution in [3.8, 4) is 5.75 Å². The molecule has 0 radical (unpaired) electrons. The number of ether oxygens (including phenoxy) is 2. The van der Waals surface area contributed by atoms with Gasteiger partial charge >= 0.3 is 0 Å². The zero-order valence-corrected chi connectivity index (χ0v) is 12.0. The average molecular weight is 275 g/mol. The van der Waals surface area contributed by atoms with Gasteiger partial charge in [0.05, 0.1) is 7.11 Å². The SMILES string of the molecule is COCCCn1ccnc1NCc1cccc(OC)c1. The number of imidazole rings is 1. The molecule has 1 heterocycles. The van der Waals surface area contributed by atoms with Crippen molar-refractivity contribution in [1.29, 1.82) is 0 Å². The summed E-state index contributed by atoms with van der Waals surface area (Å²) in [6.07, 6.45) is 4.75. The third-order valence-corrected chi connectivity index (χ3v) is 3.05. The molecule has 0 unspecified atom stereocenters. The van der Waals surface area contributed by atoms with E-state index in [1.54, 1.807) is 20.4 Å². The normalized spacial score (nSPS) is 10.5. The largest absolute Gasteiger partial charge is 0.497 e. The van der Waals surface area contributed by atoms with Crippen molar-refractivity contribution in [2.75, 3.05) is 26.1 Å². The molecule has 20 heavy (non-hydrogen) atoms. The molecule has 2 aromatic rings. The average Bonchev–Trinajstić information content (AvgIpc) is 2.93. The Kier molecular flexibility index (Phi) is 5.43. The minimum absolute atomic E-state index is 0.721. The molecular formula is C15H21N3O2. The third-order valence-electron chi connectivity index (χ3n) is 3.05. The molecule has 0 saturated carbocycles. The molecule has 0 spiro atoms. The maximum Gasteiger partial charge on any atom is 0.203 e. The van der Waals surface area contributed by atoms with Gasteiger partial charge in [-0.2, -0.15) is 0 Å². The molecule has 1 aromatic heterocycles. The van der Waals surface area contributed by atoms with E-state index >= 15 is 0 Å². The van der Waals surface area contributed by atoms with Gasteiger partial charge in [0.1, 0.15) is 5.75 Å². The van der Waals surface area contributed by atoms with Crippen molar-refractivity contribution in [2.24, 2.45) is 0 Å². The van der Waals surface area contributed by atoms with Crippen LogP contribution in [0.4, 0.5) is 5.95 Å². The van der Waals surface area contributed by atoms with Crippen LogP contribution >= 0.6 is 0 Å². The highest BCUT2D eigenvalue weighted by Crippen LogP contribution is 2.14. The van der Waals surface area contributed by atoms with E-state index in [1.807, 2.05) is 24.4 Å². The van der Waals surface area contributed by atoms with Gasteiger partial charge in [-0.25, -0.2) is 4.98 Å². The summed E-state index contributed by atoms with van der Waals surface area (Å²) in [7, 11) is 3.39. The number of methoxy groups -OCH3 is 2. The molecule has 0 aliphatic heterocycles. The van der Waals surface area contributed by atoms with Crippen molar-refractivity contribution in [2.45, 2.75) is 19.5 Å². The Morgan fingerprint density at radius 1 is 1.30 bits per heavy atom. The lowest BCUT2D eigenvalue weighted by molar-refractivity contribution is 0.190. The first-order valence-corrected chi connectivity index (χ1v) is 6.70. The number of hydrogen-bond donors (Lipinski definition) is 1. The van der Waals surface area contributed by atoms with E-state index in [-0.39, 0.29) is 0 Å². The number of nitrogens with zero attached hydrogens (tertiary/aromatic N) is 2. The number of rotatable bonds is 8. The number of aromatic nitrogens is 2. The van der Waals surface area contributed by atoms with Crippen LogP contribution < -0.4 is 10.1 Å². The summed E-state index contributed by atoms with van der Waals surface area (Å²) in [5.74, 6) is 1.75. The standard InChI is InChI=1S/C15H21N3O2/c1-19-10-4-8-18-9-7-16-15(18)17-12-13-5-3-6-14(11-13)20-2/h3,5-7,9,11H,4,8,10,12H2,1-2H3,(H,16,17). The van der Waals surface area contributed by atoms with Crippen molar-refractivity contribution in [3.63, 3.8) is 0 Å². The Hall–Kier alpha value is -2.01. The minimum atomic E-state index is 0.721. The number of hydrogen-bond acceptors (Lipinski definition) is 4. The van der Waals surface area contributed by atoms with E-state index in [0.717, 1.165) is 43.4 Å². The van der Waals surface area contributed by atoms with E-state index < -0.39 is 0 Å². The van der Waals surface area contributed by atoms with E-state index in [4.69, 9.17) is 9.47 Å². The molecule has 0 fully saturated rings. The van der Waals surface area contributed by atoms with Crippen LogP contribution in [-0.4, -0.2) is 30.4 Å². The zero-order valence-electron chi connectivity index (χ0n) is 12.0. The van der Waals surface area contributed by atoms with Crippen LogP contribution in [-0.2, 0) is 17.8 Å². The molecule has 1 N–H and O–H groups in total. The van der Waals surface area contributed by atoms with Gasteiger partial charge in [0.2, 0.25) is 5.95 Å². The van der Waals surface area contributed by atoms with Crippen LogP contribution in [0.1, 0.15) is 12.0 Å². The van der Waals surface area contributed by atoms with Crippen LogP contribution in [0.5, 0.6) is 5.75 Å². The van der Waals surface area contributed by atoms with Crippen molar-refractivity contribution in [3.05, 3.63) is 42.2 Å². The molecule has 2 rings (SSSR count). The van der Waals surface area contributed by atoms with Crippen LogP contribution in [0, 0.1) is 0 Å². The lowest BCUT2D eigenvalue weighted by atomic mass is 10.2. The molecule has 0 aliphatic rings. The predicted molar refractivity (Wildman–Crippen MR) is 79.0 cm³/mol. The van der Waals surface area contributed by atoms with Gasteiger partial charge in [-0.3, -0.25) is 0 Å². The number of benzene rings is 1. The van der Waals surface area contributed by atoms with Crippen LogP contribution in [0.3, 0.4) is 0 Å². The molecule has 108 valence electrons. The van der Waals surface area contributed by atoms with Crippen LogP contribution in [0.2, 0.25) is 0 Å². The Morgan fingerprint density at radius 3 is 3.00 bits per heavy atom. The van der Waals surface area contributed by atoms with Gasteiger partial charge in [0.25, 0.3) is 0 Å². The monoisotopic (exact) mass is 275 g/mol. The molecule has 0 saturated heterocycles. The molecule has 1 aromatic carbocycles. The van der Waals surface area contributed by atoms with E-state index in [1.165, 1.54) is 0 Å². The Bertz CT molecular complexity index is 525. The minimum Gasteiger partial charge on any atom is -0.497 e. The third kappa shape index (κ3) is 3.99. The summed E-state index contributed by atoms with van der Waals surface area (Å²) in [5.41, 5.74) is 1.16. The number of aryl methyl sites for hydroxylation is 1. The summed E-state index contributed by atoms with van der Waals surface area (Å²) < 4.78 is 12.4. The Morgan fingerprint density at radius 2 is 2.20 bits per heavy atom. The summed E-state index contributed by atoms with van der Waals surface area (Å²) >= 11 is 0. The van der Waals surface area contributed by atoms with Crippen molar-refractivity contribution < 1.29 is 9.47 Å². The molecule has 0 bridgehead atoms. The maximum atomic E-state index is 5.22. The second kappa shape index (κ2) is 7.55. The second-order valence-electron chi connectivity index (χ2n) is 4.50. The zero-order chi connectivity index (χ0) is 14.2. The van der Waals surface area contributed by atoms with Crippen molar-refractivity contribution in [1.82, 2.24) is 9.55 Å².